The smallest absolute Gasteiger partial charge is 0.309 e. The zero-order valence-electron chi connectivity index (χ0n) is 16.5. The number of piperidine rings is 1. The maximum absolute atomic E-state index is 12.7. The van der Waals surface area contributed by atoms with Crippen LogP contribution in [-0.4, -0.2) is 53.8 Å². The van der Waals surface area contributed by atoms with Gasteiger partial charge in [-0.15, -0.1) is 0 Å². The van der Waals surface area contributed by atoms with Crippen molar-refractivity contribution in [1.82, 2.24) is 9.80 Å². The first-order valence-corrected chi connectivity index (χ1v) is 9.86. The summed E-state index contributed by atoms with van der Waals surface area (Å²) >= 11 is 0. The van der Waals surface area contributed by atoms with Gasteiger partial charge in [0, 0.05) is 26.1 Å². The van der Waals surface area contributed by atoms with Gasteiger partial charge in [0.1, 0.15) is 12.0 Å². The second-order valence-corrected chi connectivity index (χ2v) is 6.98. The predicted molar refractivity (Wildman–Crippen MR) is 103 cm³/mol. The minimum atomic E-state index is -0.219. The van der Waals surface area contributed by atoms with Gasteiger partial charge in [0.2, 0.25) is 5.91 Å². The Labute approximate surface area is 169 Å². The van der Waals surface area contributed by atoms with Crippen molar-refractivity contribution in [3.05, 3.63) is 48.3 Å². The molecule has 0 bridgehead atoms. The van der Waals surface area contributed by atoms with Crippen LogP contribution in [0.4, 0.5) is 0 Å². The van der Waals surface area contributed by atoms with Crippen LogP contribution in [0.2, 0.25) is 0 Å². The lowest BCUT2D eigenvalue weighted by atomic mass is 9.97. The van der Waals surface area contributed by atoms with E-state index < -0.39 is 0 Å². The van der Waals surface area contributed by atoms with Crippen LogP contribution >= 0.6 is 0 Å². The minimum Gasteiger partial charge on any atom is -0.472 e. The van der Waals surface area contributed by atoms with E-state index in [-0.39, 0.29) is 43.2 Å². The molecule has 2 aromatic heterocycles. The van der Waals surface area contributed by atoms with Gasteiger partial charge in [-0.2, -0.15) is 0 Å². The average molecular weight is 402 g/mol. The molecule has 156 valence electrons. The van der Waals surface area contributed by atoms with Crippen molar-refractivity contribution in [2.45, 2.75) is 32.7 Å². The van der Waals surface area contributed by atoms with Crippen molar-refractivity contribution in [2.75, 3.05) is 26.2 Å². The number of hydrogen-bond acceptors (Lipinski definition) is 6. The van der Waals surface area contributed by atoms with Crippen LogP contribution < -0.4 is 0 Å². The van der Waals surface area contributed by atoms with E-state index in [0.717, 1.165) is 0 Å². The Bertz CT molecular complexity index is 791. The van der Waals surface area contributed by atoms with Crippen LogP contribution in [0.25, 0.3) is 0 Å². The average Bonchev–Trinajstić information content (AvgIpc) is 3.45. The molecular formula is C21H26N2O6. The van der Waals surface area contributed by atoms with Gasteiger partial charge in [-0.05, 0) is 38.0 Å². The molecule has 8 heteroatoms. The molecule has 3 heterocycles. The van der Waals surface area contributed by atoms with Crippen LogP contribution in [0.15, 0.2) is 45.8 Å². The molecule has 8 nitrogen and oxygen atoms in total. The third-order valence-electron chi connectivity index (χ3n) is 5.05. The Morgan fingerprint density at radius 2 is 2.00 bits per heavy atom. The minimum absolute atomic E-state index is 0.0308. The van der Waals surface area contributed by atoms with E-state index in [9.17, 15) is 14.4 Å². The number of hydrogen-bond donors (Lipinski definition) is 0. The standard InChI is InChI=1S/C21H26N2O6/c1-2-28-21(26)16-5-9-22(10-6-16)19(24)7-11-23(14-18-4-3-12-29-18)20(25)17-8-13-27-15-17/h3-4,8,12-13,15-16H,2,5-7,9-11,14H2,1H3. The SMILES string of the molecule is CCOC(=O)C1CCN(C(=O)CCN(Cc2ccco2)C(=O)c2ccoc2)CC1. The molecule has 1 fully saturated rings. The second-order valence-electron chi connectivity index (χ2n) is 6.98. The highest BCUT2D eigenvalue weighted by atomic mass is 16.5. The van der Waals surface area contributed by atoms with Gasteiger partial charge >= 0.3 is 5.97 Å². The molecule has 1 saturated heterocycles. The lowest BCUT2D eigenvalue weighted by Crippen LogP contribution is -2.42. The van der Waals surface area contributed by atoms with Gasteiger partial charge in [-0.25, -0.2) is 0 Å². The van der Waals surface area contributed by atoms with Crippen LogP contribution in [0.1, 0.15) is 42.3 Å². The number of ether oxygens (including phenoxy) is 1. The summed E-state index contributed by atoms with van der Waals surface area (Å²) in [6.45, 7) is 3.74. The van der Waals surface area contributed by atoms with Crippen LogP contribution in [0, 0.1) is 5.92 Å². The predicted octanol–water partition coefficient (Wildman–Crippen LogP) is 2.71. The third-order valence-corrected chi connectivity index (χ3v) is 5.05. The first-order chi connectivity index (χ1) is 14.1. The van der Waals surface area contributed by atoms with Crippen LogP contribution in [-0.2, 0) is 20.9 Å². The molecular weight excluding hydrogens is 376 g/mol. The maximum Gasteiger partial charge on any atom is 0.309 e. The fourth-order valence-corrected chi connectivity index (χ4v) is 3.43. The summed E-state index contributed by atoms with van der Waals surface area (Å²) in [5, 5.41) is 0. The molecule has 29 heavy (non-hydrogen) atoms. The fourth-order valence-electron chi connectivity index (χ4n) is 3.43. The van der Waals surface area contributed by atoms with E-state index in [1.165, 1.54) is 12.5 Å². The summed E-state index contributed by atoms with van der Waals surface area (Å²) in [5.74, 6) is 0.0670. The number of rotatable bonds is 8. The van der Waals surface area contributed by atoms with Gasteiger partial charge < -0.3 is 23.4 Å². The number of esters is 1. The van der Waals surface area contributed by atoms with E-state index in [4.69, 9.17) is 13.6 Å². The zero-order chi connectivity index (χ0) is 20.6. The maximum atomic E-state index is 12.7. The summed E-state index contributed by atoms with van der Waals surface area (Å²) in [6, 6.07) is 5.14. The molecule has 0 N–H and O–H groups in total. The van der Waals surface area contributed by atoms with E-state index in [1.807, 2.05) is 0 Å². The van der Waals surface area contributed by atoms with Crippen molar-refractivity contribution >= 4 is 17.8 Å². The van der Waals surface area contributed by atoms with E-state index in [2.05, 4.69) is 0 Å². The first-order valence-electron chi connectivity index (χ1n) is 9.86. The summed E-state index contributed by atoms with van der Waals surface area (Å²) < 4.78 is 15.4. The van der Waals surface area contributed by atoms with E-state index in [1.54, 1.807) is 41.2 Å². The molecule has 1 aliphatic rings. The molecule has 2 amide bonds. The molecule has 0 radical (unpaired) electrons. The fraction of sp³-hybridized carbons (Fsp3) is 0.476. The molecule has 0 unspecified atom stereocenters. The van der Waals surface area contributed by atoms with Crippen molar-refractivity contribution in [1.29, 1.82) is 0 Å². The lowest BCUT2D eigenvalue weighted by molar-refractivity contribution is -0.151. The monoisotopic (exact) mass is 402 g/mol. The largest absolute Gasteiger partial charge is 0.472 e. The molecule has 0 aliphatic carbocycles. The van der Waals surface area contributed by atoms with Crippen LogP contribution in [0.5, 0.6) is 0 Å². The van der Waals surface area contributed by atoms with Crippen molar-refractivity contribution in [2.24, 2.45) is 5.92 Å². The summed E-state index contributed by atoms with van der Waals surface area (Å²) in [7, 11) is 0. The normalized spacial score (nSPS) is 14.6. The topological polar surface area (TPSA) is 93.2 Å². The highest BCUT2D eigenvalue weighted by molar-refractivity contribution is 5.94. The molecule has 0 atom stereocenters. The zero-order valence-corrected chi connectivity index (χ0v) is 16.5. The highest BCUT2D eigenvalue weighted by Crippen LogP contribution is 2.20. The molecule has 3 rings (SSSR count). The highest BCUT2D eigenvalue weighted by Gasteiger charge is 2.28. The summed E-state index contributed by atoms with van der Waals surface area (Å²) in [5.41, 5.74) is 0.430. The van der Waals surface area contributed by atoms with Crippen molar-refractivity contribution in [3.8, 4) is 0 Å². The van der Waals surface area contributed by atoms with Gasteiger partial charge in [0.15, 0.2) is 0 Å². The van der Waals surface area contributed by atoms with Gasteiger partial charge in [-0.1, -0.05) is 0 Å². The summed E-state index contributed by atoms with van der Waals surface area (Å²) in [6.07, 6.45) is 5.79. The number of furan rings is 2. The van der Waals surface area contributed by atoms with Gasteiger partial charge in [-0.3, -0.25) is 14.4 Å². The molecule has 0 aromatic carbocycles. The first kappa shape index (κ1) is 20.7. The molecule has 1 aliphatic heterocycles. The number of likely N-dealkylation sites (tertiary alicyclic amines) is 1. The Morgan fingerprint density at radius 3 is 2.62 bits per heavy atom. The summed E-state index contributed by atoms with van der Waals surface area (Å²) in [4.78, 5) is 40.6. The Hall–Kier alpha value is -3.03. The third kappa shape index (κ3) is 5.49. The van der Waals surface area contributed by atoms with Crippen molar-refractivity contribution < 1.29 is 28.0 Å². The Balaban J connectivity index is 1.54. The number of carbonyl (C=O) groups is 3. The van der Waals surface area contributed by atoms with E-state index in [0.29, 0.717) is 43.9 Å². The van der Waals surface area contributed by atoms with E-state index >= 15 is 0 Å². The van der Waals surface area contributed by atoms with Gasteiger partial charge in [0.05, 0.1) is 37.2 Å². The Morgan fingerprint density at radius 1 is 1.21 bits per heavy atom. The second kappa shape index (κ2) is 9.95. The quantitative estimate of drug-likeness (QED) is 0.630. The lowest BCUT2D eigenvalue weighted by Gasteiger charge is -2.31. The van der Waals surface area contributed by atoms with Crippen molar-refractivity contribution in [3.63, 3.8) is 0 Å². The Kier molecular flexibility index (Phi) is 7.10. The molecule has 0 spiro atoms. The number of carbonyl (C=O) groups excluding carboxylic acids is 3. The molecule has 0 saturated carbocycles. The van der Waals surface area contributed by atoms with Crippen LogP contribution in [0.3, 0.4) is 0 Å². The number of nitrogens with zero attached hydrogens (tertiary/aromatic N) is 2. The molecule has 2 aromatic rings. The van der Waals surface area contributed by atoms with Gasteiger partial charge in [0.25, 0.3) is 5.91 Å². The number of amides is 2.